The molecule has 0 saturated carbocycles. The minimum atomic E-state index is 0.495. The van der Waals surface area contributed by atoms with Gasteiger partial charge in [0.2, 0.25) is 0 Å². The van der Waals surface area contributed by atoms with Gasteiger partial charge >= 0.3 is 0 Å². The fourth-order valence-electron chi connectivity index (χ4n) is 4.01. The topological polar surface area (TPSA) is 67.9 Å². The molecule has 168 valence electrons. The molecule has 0 unspecified atom stereocenters. The van der Waals surface area contributed by atoms with E-state index >= 15 is 0 Å². The Bertz CT molecular complexity index is 1260. The van der Waals surface area contributed by atoms with E-state index in [4.69, 9.17) is 19.8 Å². The number of nitrogens with zero attached hydrogens (tertiary/aromatic N) is 6. The highest BCUT2D eigenvalue weighted by Crippen LogP contribution is 2.24. The van der Waals surface area contributed by atoms with Gasteiger partial charge < -0.3 is 9.64 Å². The Balaban J connectivity index is 1.47. The van der Waals surface area contributed by atoms with Crippen LogP contribution in [0.5, 0.6) is 0 Å². The van der Waals surface area contributed by atoms with Gasteiger partial charge in [0.25, 0.3) is 0 Å². The van der Waals surface area contributed by atoms with Crippen molar-refractivity contribution in [3.63, 3.8) is 0 Å². The summed E-state index contributed by atoms with van der Waals surface area (Å²) in [5.74, 6) is 1.52. The van der Waals surface area contributed by atoms with Gasteiger partial charge in [-0.15, -0.1) is 0 Å². The predicted molar refractivity (Wildman–Crippen MR) is 131 cm³/mol. The van der Waals surface area contributed by atoms with Crippen molar-refractivity contribution in [2.75, 3.05) is 31.2 Å². The van der Waals surface area contributed by atoms with Gasteiger partial charge in [0, 0.05) is 49.4 Å². The summed E-state index contributed by atoms with van der Waals surface area (Å²) in [5, 5.41) is 4.86. The van der Waals surface area contributed by atoms with E-state index in [1.165, 1.54) is 5.56 Å². The monoisotopic (exact) mass is 440 g/mol. The van der Waals surface area contributed by atoms with Crippen molar-refractivity contribution in [2.45, 2.75) is 26.3 Å². The van der Waals surface area contributed by atoms with Crippen molar-refractivity contribution < 1.29 is 4.74 Å². The number of aromatic nitrogens is 4. The molecular formula is C26H28N6O. The van der Waals surface area contributed by atoms with Gasteiger partial charge in [0.1, 0.15) is 5.82 Å². The van der Waals surface area contributed by atoms with Crippen LogP contribution in [-0.4, -0.2) is 52.1 Å². The Kier molecular flexibility index (Phi) is 6.13. The van der Waals surface area contributed by atoms with E-state index in [-0.39, 0.29) is 0 Å². The lowest BCUT2D eigenvalue weighted by molar-refractivity contribution is 0.122. The van der Waals surface area contributed by atoms with Gasteiger partial charge in [0.15, 0.2) is 5.65 Å². The molecule has 0 N–H and O–H groups in total. The zero-order chi connectivity index (χ0) is 22.6. The van der Waals surface area contributed by atoms with E-state index in [1.54, 1.807) is 12.4 Å². The van der Waals surface area contributed by atoms with Gasteiger partial charge in [-0.05, 0) is 35.2 Å². The molecule has 0 aliphatic carbocycles. The largest absolute Gasteiger partial charge is 0.378 e. The summed E-state index contributed by atoms with van der Waals surface area (Å²) < 4.78 is 7.49. The van der Waals surface area contributed by atoms with Crippen molar-refractivity contribution in [2.24, 2.45) is 4.99 Å². The normalized spacial score (nSPS) is 14.6. The Morgan fingerprint density at radius 1 is 1.06 bits per heavy atom. The molecule has 0 spiro atoms. The molecule has 4 heterocycles. The number of pyridine rings is 1. The number of ether oxygens (including phenoxy) is 1. The summed E-state index contributed by atoms with van der Waals surface area (Å²) in [6.45, 7) is 7.99. The van der Waals surface area contributed by atoms with E-state index in [0.717, 1.165) is 47.1 Å². The average Bonchev–Trinajstić information content (AvgIpc) is 3.29. The zero-order valence-electron chi connectivity index (χ0n) is 19.1. The quantitative estimate of drug-likeness (QED) is 0.417. The fourth-order valence-corrected chi connectivity index (χ4v) is 4.01. The van der Waals surface area contributed by atoms with Crippen LogP contribution in [0.4, 0.5) is 5.82 Å². The highest BCUT2D eigenvalue weighted by atomic mass is 16.5. The Morgan fingerprint density at radius 2 is 1.88 bits per heavy atom. The SMILES string of the molecule is CC(C)c1cccc(C=NCc2cc(N3CCOCC3)n3nc(-c4ccncc4)cc3n2)c1. The second-order valence-electron chi connectivity index (χ2n) is 8.54. The minimum Gasteiger partial charge on any atom is -0.378 e. The van der Waals surface area contributed by atoms with Crippen LogP contribution in [0.1, 0.15) is 36.6 Å². The maximum absolute atomic E-state index is 5.56. The third-order valence-electron chi connectivity index (χ3n) is 5.84. The van der Waals surface area contributed by atoms with E-state index in [1.807, 2.05) is 28.9 Å². The first-order valence-corrected chi connectivity index (χ1v) is 11.4. The number of rotatable bonds is 6. The lowest BCUT2D eigenvalue weighted by atomic mass is 10.0. The first-order valence-electron chi connectivity index (χ1n) is 11.4. The molecular weight excluding hydrogens is 412 g/mol. The highest BCUT2D eigenvalue weighted by Gasteiger charge is 2.18. The van der Waals surface area contributed by atoms with Crippen LogP contribution >= 0.6 is 0 Å². The van der Waals surface area contributed by atoms with E-state index in [2.05, 4.69) is 54.1 Å². The van der Waals surface area contributed by atoms with Crippen LogP contribution in [-0.2, 0) is 11.3 Å². The number of anilines is 1. The Hall–Kier alpha value is -3.58. The molecule has 1 saturated heterocycles. The highest BCUT2D eigenvalue weighted by molar-refractivity contribution is 5.79. The molecule has 0 bridgehead atoms. The third kappa shape index (κ3) is 4.78. The number of fused-ring (bicyclic) bond motifs is 1. The van der Waals surface area contributed by atoms with Crippen LogP contribution < -0.4 is 4.90 Å². The molecule has 3 aromatic heterocycles. The molecule has 5 rings (SSSR count). The summed E-state index contributed by atoms with van der Waals surface area (Å²) in [7, 11) is 0. The van der Waals surface area contributed by atoms with E-state index in [9.17, 15) is 0 Å². The molecule has 0 amide bonds. The van der Waals surface area contributed by atoms with Crippen LogP contribution in [0.25, 0.3) is 16.9 Å². The Morgan fingerprint density at radius 3 is 2.67 bits per heavy atom. The molecule has 33 heavy (non-hydrogen) atoms. The van der Waals surface area contributed by atoms with Gasteiger partial charge in [-0.1, -0.05) is 32.0 Å². The number of morpholine rings is 1. The van der Waals surface area contributed by atoms with Gasteiger partial charge in [-0.2, -0.15) is 9.61 Å². The number of hydrogen-bond acceptors (Lipinski definition) is 6. The molecule has 0 radical (unpaired) electrons. The van der Waals surface area contributed by atoms with Crippen molar-refractivity contribution in [3.8, 4) is 11.3 Å². The number of benzene rings is 1. The Labute approximate surface area is 193 Å². The summed E-state index contributed by atoms with van der Waals surface area (Å²) >= 11 is 0. The van der Waals surface area contributed by atoms with Crippen LogP contribution in [0.2, 0.25) is 0 Å². The maximum atomic E-state index is 5.56. The molecule has 1 aliphatic rings. The van der Waals surface area contributed by atoms with Crippen molar-refractivity contribution in [1.29, 1.82) is 0 Å². The van der Waals surface area contributed by atoms with Crippen molar-refractivity contribution >= 4 is 17.7 Å². The second-order valence-corrected chi connectivity index (χ2v) is 8.54. The zero-order valence-corrected chi connectivity index (χ0v) is 19.1. The third-order valence-corrected chi connectivity index (χ3v) is 5.84. The second kappa shape index (κ2) is 9.50. The molecule has 4 aromatic rings. The van der Waals surface area contributed by atoms with Gasteiger partial charge in [-0.25, -0.2) is 4.98 Å². The van der Waals surface area contributed by atoms with Crippen LogP contribution in [0, 0.1) is 0 Å². The summed E-state index contributed by atoms with van der Waals surface area (Å²) in [6, 6.07) is 16.6. The van der Waals surface area contributed by atoms with Gasteiger partial charge in [-0.3, -0.25) is 9.98 Å². The number of hydrogen-bond donors (Lipinski definition) is 0. The van der Waals surface area contributed by atoms with E-state index in [0.29, 0.717) is 25.7 Å². The lowest BCUT2D eigenvalue weighted by Crippen LogP contribution is -2.37. The molecule has 7 nitrogen and oxygen atoms in total. The first kappa shape index (κ1) is 21.3. The van der Waals surface area contributed by atoms with Gasteiger partial charge in [0.05, 0.1) is 31.1 Å². The summed E-state index contributed by atoms with van der Waals surface area (Å²) in [6.07, 6.45) is 5.50. The smallest absolute Gasteiger partial charge is 0.158 e. The molecule has 1 fully saturated rings. The summed E-state index contributed by atoms with van der Waals surface area (Å²) in [4.78, 5) is 16.0. The predicted octanol–water partition coefficient (Wildman–Crippen LogP) is 4.37. The lowest BCUT2D eigenvalue weighted by Gasteiger charge is -2.29. The maximum Gasteiger partial charge on any atom is 0.158 e. The minimum absolute atomic E-state index is 0.495. The average molecular weight is 441 g/mol. The molecule has 0 atom stereocenters. The fraction of sp³-hybridized carbons (Fsp3) is 0.308. The van der Waals surface area contributed by atoms with Crippen LogP contribution in [0.3, 0.4) is 0 Å². The molecule has 7 heteroatoms. The number of aliphatic imine (C=N–C) groups is 1. The molecule has 1 aliphatic heterocycles. The summed E-state index contributed by atoms with van der Waals surface area (Å²) in [5.41, 5.74) is 6.06. The standard InChI is InChI=1S/C26H28N6O/c1-19(2)22-5-3-4-20(14-22)17-28-18-23-15-26(31-10-12-33-13-11-31)32-25(29-23)16-24(30-32)21-6-8-27-9-7-21/h3-9,14-17,19H,10-13,18H2,1-2H3. The van der Waals surface area contributed by atoms with Crippen molar-refractivity contribution in [1.82, 2.24) is 19.6 Å². The molecule has 1 aromatic carbocycles. The van der Waals surface area contributed by atoms with E-state index < -0.39 is 0 Å². The van der Waals surface area contributed by atoms with Crippen LogP contribution in [0.15, 0.2) is 65.9 Å². The van der Waals surface area contributed by atoms with Crippen molar-refractivity contribution in [3.05, 3.63) is 77.7 Å². The first-order chi connectivity index (χ1) is 16.2.